The van der Waals surface area contributed by atoms with E-state index in [1.54, 1.807) is 6.20 Å². The van der Waals surface area contributed by atoms with Gasteiger partial charge in [0.05, 0.1) is 55.3 Å². The fourth-order valence-electron chi connectivity index (χ4n) is 8.83. The third-order valence-corrected chi connectivity index (χ3v) is 12.5. The molecule has 1 saturated heterocycles. The summed E-state index contributed by atoms with van der Waals surface area (Å²) in [5, 5.41) is 9.07. The molecule has 3 aromatic heterocycles. The Morgan fingerprint density at radius 2 is 1.65 bits per heavy atom. The van der Waals surface area contributed by atoms with Gasteiger partial charge in [-0.3, -0.25) is 9.59 Å². The number of amides is 4. The van der Waals surface area contributed by atoms with Crippen LogP contribution in [0.25, 0.3) is 33.3 Å². The molecular formula is C46H54ClN9O7. The first-order valence-corrected chi connectivity index (χ1v) is 22.0. The maximum Gasteiger partial charge on any atom is 0.407 e. The maximum absolute atomic E-state index is 13.8. The number of halogens is 1. The average molecular weight is 880 g/mol. The van der Waals surface area contributed by atoms with Crippen LogP contribution in [0.2, 0.25) is 0 Å². The minimum atomic E-state index is -0.983. The predicted octanol–water partition coefficient (Wildman–Crippen LogP) is 7.93. The number of hydrogen-bond acceptors (Lipinski definition) is 9. The summed E-state index contributed by atoms with van der Waals surface area (Å²) in [6, 6.07) is 6.66. The molecule has 17 heteroatoms. The van der Waals surface area contributed by atoms with Crippen LogP contribution >= 0.6 is 11.6 Å². The van der Waals surface area contributed by atoms with Crippen molar-refractivity contribution in [3.8, 4) is 11.3 Å². The van der Waals surface area contributed by atoms with Gasteiger partial charge in [0.2, 0.25) is 18.0 Å². The molecule has 1 aromatic carbocycles. The monoisotopic (exact) mass is 879 g/mol. The number of aromatic nitrogens is 5. The highest BCUT2D eigenvalue weighted by molar-refractivity contribution is 6.21. The van der Waals surface area contributed by atoms with E-state index in [2.05, 4.69) is 82.7 Å². The molecule has 4 aromatic rings. The van der Waals surface area contributed by atoms with Crippen LogP contribution in [-0.2, 0) is 23.8 Å². The smallest absolute Gasteiger partial charge is 0.407 e. The first-order valence-electron chi connectivity index (χ1n) is 21.5. The normalized spacial score (nSPS) is 19.7. The number of likely N-dealkylation sites (tertiary alicyclic amines) is 1. The van der Waals surface area contributed by atoms with Crippen molar-refractivity contribution in [2.24, 2.45) is 11.8 Å². The second-order valence-electron chi connectivity index (χ2n) is 17.0. The zero-order chi connectivity index (χ0) is 44.5. The highest BCUT2D eigenvalue weighted by atomic mass is 35.5. The molecule has 63 heavy (non-hydrogen) atoms. The number of benzene rings is 1. The second-order valence-corrected chi connectivity index (χ2v) is 17.4. The summed E-state index contributed by atoms with van der Waals surface area (Å²) in [7, 11) is 2.53. The lowest BCUT2D eigenvalue weighted by atomic mass is 9.92. The number of hydrogen-bond donors (Lipinski definition) is 5. The van der Waals surface area contributed by atoms with E-state index in [-0.39, 0.29) is 23.8 Å². The van der Waals surface area contributed by atoms with Gasteiger partial charge in [-0.05, 0) is 74.1 Å². The summed E-state index contributed by atoms with van der Waals surface area (Å²) < 4.78 is 18.8. The van der Waals surface area contributed by atoms with Crippen LogP contribution < -0.4 is 16.0 Å². The van der Waals surface area contributed by atoms with E-state index in [1.165, 1.54) is 14.2 Å². The lowest BCUT2D eigenvalue weighted by Gasteiger charge is -2.34. The van der Waals surface area contributed by atoms with Crippen LogP contribution in [0.15, 0.2) is 72.3 Å². The fraction of sp³-hybridized carbons (Fsp3) is 0.435. The van der Waals surface area contributed by atoms with Crippen molar-refractivity contribution in [3.63, 3.8) is 0 Å². The Kier molecular flexibility index (Phi) is 12.5. The number of methoxy groups -OCH3 is 2. The van der Waals surface area contributed by atoms with Crippen LogP contribution in [0.1, 0.15) is 107 Å². The van der Waals surface area contributed by atoms with Crippen molar-refractivity contribution in [1.29, 1.82) is 0 Å². The molecule has 4 aliphatic rings. The summed E-state index contributed by atoms with van der Waals surface area (Å²) in [6.45, 7) is 8.01. The van der Waals surface area contributed by atoms with Crippen molar-refractivity contribution in [2.45, 2.75) is 96.1 Å². The van der Waals surface area contributed by atoms with Crippen LogP contribution in [-0.4, -0.2) is 86.3 Å². The summed E-state index contributed by atoms with van der Waals surface area (Å²) in [5.74, 6) is 0.930. The molecule has 332 valence electrons. The first kappa shape index (κ1) is 43.4. The zero-order valence-electron chi connectivity index (χ0n) is 36.3. The molecule has 5 atom stereocenters. The van der Waals surface area contributed by atoms with Gasteiger partial charge in [0, 0.05) is 28.6 Å². The molecule has 2 aliphatic carbocycles. The van der Waals surface area contributed by atoms with Gasteiger partial charge in [0.15, 0.2) is 5.50 Å². The highest BCUT2D eigenvalue weighted by Gasteiger charge is 2.38. The molecule has 5 unspecified atom stereocenters. The summed E-state index contributed by atoms with van der Waals surface area (Å²) in [5.41, 5.74) is 6.82. The standard InChI is InChI=1S/C46H54ClN9O7/c1-24(2)37(52-45(59)61-5)42(57)54-39(47)41-49-23-31(51-41)27-14-15-29-20-35-30-17-16-28(21-36(30)63-44(56(35)34(29)19-27)26-11-8-7-9-12-26)32-22-48-40(50-32)33-13-10-18-55(33)43(58)38(25(3)4)53-46(60)62-6/h8,11-12,14-15,19-25,33,37-39,44H,7,9-10,13,16-18H2,1-6H3,(H,48,50)(H,49,51)(H,52,59)(H,53,60)(H,54,57). The number of alkyl carbamates (subject to hydrolysis) is 2. The number of fused-ring (bicyclic) bond motifs is 4. The van der Waals surface area contributed by atoms with Crippen molar-refractivity contribution in [3.05, 3.63) is 95.3 Å². The van der Waals surface area contributed by atoms with E-state index < -0.39 is 41.9 Å². The number of rotatable bonds is 12. The molecule has 0 radical (unpaired) electrons. The zero-order valence-corrected chi connectivity index (χ0v) is 37.0. The molecule has 8 rings (SSSR count). The first-order chi connectivity index (χ1) is 30.3. The Morgan fingerprint density at radius 1 is 0.905 bits per heavy atom. The number of nitrogens with zero attached hydrogens (tertiary/aromatic N) is 4. The van der Waals surface area contributed by atoms with Crippen LogP contribution in [0.3, 0.4) is 0 Å². The van der Waals surface area contributed by atoms with Gasteiger partial charge in [-0.15, -0.1) is 0 Å². The molecule has 1 fully saturated rings. The van der Waals surface area contributed by atoms with E-state index in [1.807, 2.05) is 44.9 Å². The molecule has 5 heterocycles. The van der Waals surface area contributed by atoms with Gasteiger partial charge in [-0.1, -0.05) is 69.7 Å². The molecule has 16 nitrogen and oxygen atoms in total. The molecule has 2 aliphatic heterocycles. The topological polar surface area (TPSA) is 198 Å². The number of carbonyl (C=O) groups is 4. The van der Waals surface area contributed by atoms with E-state index in [0.29, 0.717) is 18.1 Å². The number of H-pyrrole nitrogens is 2. The minimum Gasteiger partial charge on any atom is -0.466 e. The number of alkyl halides is 1. The molecule has 5 N–H and O–H groups in total. The van der Waals surface area contributed by atoms with Gasteiger partial charge in [0.1, 0.15) is 29.5 Å². The Labute approximate surface area is 370 Å². The SMILES string of the molecule is COC(=O)NC(C(=O)NC(Cl)c1ncc(-c2ccc3cc4n(c3c2)C(C2=CCCC=C2)OC2=C4CCC(c3cnc(C4CCCN4C(=O)C(NC(=O)OC)C(C)C)[nH]3)=C2)[nH]1)C(C)C. The third kappa shape index (κ3) is 8.73. The van der Waals surface area contributed by atoms with Gasteiger partial charge in [-0.2, -0.15) is 0 Å². The number of aromatic amines is 2. The molecular weight excluding hydrogens is 826 g/mol. The van der Waals surface area contributed by atoms with Gasteiger partial charge < -0.3 is 49.6 Å². The van der Waals surface area contributed by atoms with Crippen molar-refractivity contribution < 1.29 is 33.4 Å². The predicted molar refractivity (Wildman–Crippen MR) is 238 cm³/mol. The Balaban J connectivity index is 1.06. The number of imidazole rings is 2. The Hall–Kier alpha value is -6.29. The second kappa shape index (κ2) is 18.2. The molecule has 0 spiro atoms. The van der Waals surface area contributed by atoms with E-state index in [9.17, 15) is 19.2 Å². The molecule has 0 saturated carbocycles. The quantitative estimate of drug-likeness (QED) is 0.0693. The van der Waals surface area contributed by atoms with Gasteiger partial charge >= 0.3 is 12.2 Å². The average Bonchev–Trinajstić information content (AvgIpc) is 4.13. The fourth-order valence-corrected chi connectivity index (χ4v) is 9.05. The van der Waals surface area contributed by atoms with Crippen molar-refractivity contribution in [1.82, 2.24) is 45.4 Å². The molecule has 0 bridgehead atoms. The van der Waals surface area contributed by atoms with E-state index in [0.717, 1.165) is 94.7 Å². The van der Waals surface area contributed by atoms with Crippen LogP contribution in [0, 0.1) is 11.8 Å². The lowest BCUT2D eigenvalue weighted by Crippen LogP contribution is -2.51. The third-order valence-electron chi connectivity index (χ3n) is 12.2. The summed E-state index contributed by atoms with van der Waals surface area (Å²) in [4.78, 5) is 68.7. The summed E-state index contributed by atoms with van der Waals surface area (Å²) in [6.07, 6.45) is 15.4. The number of ether oxygens (including phenoxy) is 3. The van der Waals surface area contributed by atoms with E-state index >= 15 is 0 Å². The lowest BCUT2D eigenvalue weighted by molar-refractivity contribution is -0.135. The van der Waals surface area contributed by atoms with E-state index in [4.69, 9.17) is 26.1 Å². The number of allylic oxidation sites excluding steroid dienone is 5. The van der Waals surface area contributed by atoms with Crippen LogP contribution in [0.5, 0.6) is 0 Å². The largest absolute Gasteiger partial charge is 0.466 e. The number of carbonyl (C=O) groups excluding carboxylic acids is 4. The van der Waals surface area contributed by atoms with Crippen LogP contribution in [0.4, 0.5) is 9.59 Å². The highest BCUT2D eigenvalue weighted by Crippen LogP contribution is 2.47. The Morgan fingerprint density at radius 3 is 2.37 bits per heavy atom. The van der Waals surface area contributed by atoms with Crippen molar-refractivity contribution in [2.75, 3.05) is 20.8 Å². The summed E-state index contributed by atoms with van der Waals surface area (Å²) >= 11 is 6.65. The van der Waals surface area contributed by atoms with Gasteiger partial charge in [-0.25, -0.2) is 19.6 Å². The number of nitrogens with one attached hydrogen (secondary N) is 5. The maximum atomic E-state index is 13.8. The van der Waals surface area contributed by atoms with Gasteiger partial charge in [0.25, 0.3) is 0 Å². The Bertz CT molecular complexity index is 2540. The minimum absolute atomic E-state index is 0.125. The molecule has 4 amide bonds. The van der Waals surface area contributed by atoms with Crippen molar-refractivity contribution >= 4 is 57.7 Å².